The summed E-state index contributed by atoms with van der Waals surface area (Å²) in [6.07, 6.45) is 1.36. The van der Waals surface area contributed by atoms with Gasteiger partial charge in [-0.3, -0.25) is 4.79 Å². The van der Waals surface area contributed by atoms with Crippen LogP contribution in [0.1, 0.15) is 15.9 Å². The summed E-state index contributed by atoms with van der Waals surface area (Å²) in [7, 11) is 0. The van der Waals surface area contributed by atoms with Gasteiger partial charge < -0.3 is 10.5 Å². The Morgan fingerprint density at radius 2 is 1.78 bits per heavy atom. The minimum atomic E-state index is -0.795. The Morgan fingerprint density at radius 3 is 2.35 bits per heavy atom. The Balaban J connectivity index is 2.15. The fourth-order valence-corrected chi connectivity index (χ4v) is 2.19. The van der Waals surface area contributed by atoms with E-state index >= 15 is 0 Å². The van der Waals surface area contributed by atoms with Gasteiger partial charge in [0.25, 0.3) is 5.91 Å². The maximum atomic E-state index is 12.1. The van der Waals surface area contributed by atoms with Gasteiger partial charge in [0.15, 0.2) is 0 Å². The largest absolute Gasteiger partial charge is 0.423 e. The number of nitrogens with zero attached hydrogens (tertiary/aromatic N) is 1. The van der Waals surface area contributed by atoms with Crippen LogP contribution in [0.25, 0.3) is 6.08 Å². The van der Waals surface area contributed by atoms with Crippen molar-refractivity contribution in [3.63, 3.8) is 0 Å². The van der Waals surface area contributed by atoms with Crippen molar-refractivity contribution in [2.75, 3.05) is 0 Å². The zero-order chi connectivity index (χ0) is 16.8. The zero-order valence-corrected chi connectivity index (χ0v) is 13.4. The monoisotopic (exact) mass is 370 g/mol. The van der Waals surface area contributed by atoms with Crippen LogP contribution < -0.4 is 10.5 Å². The molecule has 2 rings (SSSR count). The second kappa shape index (κ2) is 7.38. The molecule has 0 bridgehead atoms. The van der Waals surface area contributed by atoms with Gasteiger partial charge >= 0.3 is 5.97 Å². The zero-order valence-electron chi connectivity index (χ0n) is 11.8. The van der Waals surface area contributed by atoms with Crippen LogP contribution in [0.2, 0.25) is 0 Å². The molecular formula is C17H11BrN2O3. The van der Waals surface area contributed by atoms with E-state index in [4.69, 9.17) is 15.7 Å². The lowest BCUT2D eigenvalue weighted by Crippen LogP contribution is -2.12. The summed E-state index contributed by atoms with van der Waals surface area (Å²) >= 11 is 3.29. The summed E-state index contributed by atoms with van der Waals surface area (Å²) in [5, 5.41) is 8.79. The van der Waals surface area contributed by atoms with E-state index in [1.807, 2.05) is 0 Å². The van der Waals surface area contributed by atoms with E-state index in [0.717, 1.165) is 0 Å². The van der Waals surface area contributed by atoms with Crippen molar-refractivity contribution in [2.45, 2.75) is 0 Å². The molecule has 0 aromatic heterocycles. The maximum Gasteiger partial charge on any atom is 0.344 e. The number of halogens is 1. The molecule has 2 aromatic carbocycles. The number of benzene rings is 2. The van der Waals surface area contributed by atoms with Gasteiger partial charge in [-0.2, -0.15) is 5.26 Å². The van der Waals surface area contributed by atoms with Gasteiger partial charge in [-0.15, -0.1) is 0 Å². The van der Waals surface area contributed by atoms with Crippen molar-refractivity contribution < 1.29 is 14.3 Å². The molecule has 23 heavy (non-hydrogen) atoms. The molecule has 6 heteroatoms. The highest BCUT2D eigenvalue weighted by molar-refractivity contribution is 9.10. The average molecular weight is 371 g/mol. The van der Waals surface area contributed by atoms with Crippen molar-refractivity contribution >= 4 is 33.9 Å². The normalized spacial score (nSPS) is 10.7. The highest BCUT2D eigenvalue weighted by Crippen LogP contribution is 2.20. The van der Waals surface area contributed by atoms with E-state index < -0.39 is 11.9 Å². The van der Waals surface area contributed by atoms with Crippen LogP contribution in [0, 0.1) is 11.3 Å². The second-order valence-electron chi connectivity index (χ2n) is 4.47. The predicted octanol–water partition coefficient (Wildman–Crippen LogP) is 3.06. The van der Waals surface area contributed by atoms with Crippen molar-refractivity contribution in [3.8, 4) is 11.8 Å². The molecule has 0 heterocycles. The number of carbonyl (C=O) groups is 2. The summed E-state index contributed by atoms with van der Waals surface area (Å²) < 4.78 is 5.91. The number of nitriles is 1. The van der Waals surface area contributed by atoms with E-state index in [-0.39, 0.29) is 5.57 Å². The van der Waals surface area contributed by atoms with Gasteiger partial charge in [0.1, 0.15) is 17.4 Å². The third-order valence-corrected chi connectivity index (χ3v) is 3.57. The molecule has 0 radical (unpaired) electrons. The highest BCUT2D eigenvalue weighted by atomic mass is 79.9. The molecule has 0 aliphatic carbocycles. The van der Waals surface area contributed by atoms with Gasteiger partial charge in [-0.25, -0.2) is 4.79 Å². The van der Waals surface area contributed by atoms with Gasteiger partial charge in [0.05, 0.1) is 5.56 Å². The summed E-state index contributed by atoms with van der Waals surface area (Å²) in [6, 6.07) is 15.0. The summed E-state index contributed by atoms with van der Waals surface area (Å²) in [5.41, 5.74) is 5.93. The van der Waals surface area contributed by atoms with E-state index in [1.165, 1.54) is 6.08 Å². The van der Waals surface area contributed by atoms with Gasteiger partial charge in [-0.05, 0) is 51.8 Å². The Kier molecular flexibility index (Phi) is 5.28. The highest BCUT2D eigenvalue weighted by Gasteiger charge is 2.11. The van der Waals surface area contributed by atoms with Crippen LogP contribution in [-0.2, 0) is 4.79 Å². The van der Waals surface area contributed by atoms with Crippen molar-refractivity contribution in [3.05, 3.63) is 69.7 Å². The number of rotatable bonds is 4. The number of amides is 1. The Labute approximate surface area is 141 Å². The van der Waals surface area contributed by atoms with Gasteiger partial charge in [-0.1, -0.05) is 24.3 Å². The molecule has 0 atom stereocenters. The van der Waals surface area contributed by atoms with Crippen LogP contribution in [0.5, 0.6) is 5.75 Å². The lowest BCUT2D eigenvalue weighted by molar-refractivity contribution is -0.114. The molecule has 5 nitrogen and oxygen atoms in total. The number of carbonyl (C=O) groups excluding carboxylic acids is 2. The SMILES string of the molecule is N#C/C(=C\c1ccc(OC(=O)c2ccccc2Br)cc1)C(N)=O. The van der Waals surface area contributed by atoms with E-state index in [0.29, 0.717) is 21.3 Å². The van der Waals surface area contributed by atoms with Crippen LogP contribution in [-0.4, -0.2) is 11.9 Å². The lowest BCUT2D eigenvalue weighted by atomic mass is 10.1. The topological polar surface area (TPSA) is 93.2 Å². The lowest BCUT2D eigenvalue weighted by Gasteiger charge is -2.06. The standard InChI is InChI=1S/C17H11BrN2O3/c18-15-4-2-1-3-14(15)17(22)23-13-7-5-11(6-8-13)9-12(10-19)16(20)21/h1-9H,(H2,20,21)/b12-9+. The molecule has 0 fully saturated rings. The molecular weight excluding hydrogens is 360 g/mol. The fourth-order valence-electron chi connectivity index (χ4n) is 1.75. The number of primary amides is 1. The van der Waals surface area contributed by atoms with E-state index in [9.17, 15) is 9.59 Å². The van der Waals surface area contributed by atoms with Crippen LogP contribution >= 0.6 is 15.9 Å². The first kappa shape index (κ1) is 16.5. The molecule has 0 unspecified atom stereocenters. The first-order chi connectivity index (χ1) is 11.0. The minimum absolute atomic E-state index is 0.150. The van der Waals surface area contributed by atoms with Gasteiger partial charge in [0, 0.05) is 4.47 Å². The molecule has 114 valence electrons. The van der Waals surface area contributed by atoms with E-state index in [1.54, 1.807) is 54.6 Å². The smallest absolute Gasteiger partial charge is 0.344 e. The predicted molar refractivity (Wildman–Crippen MR) is 88.3 cm³/mol. The molecule has 0 aliphatic rings. The van der Waals surface area contributed by atoms with Crippen molar-refractivity contribution in [2.24, 2.45) is 5.73 Å². The molecule has 2 aromatic rings. The Morgan fingerprint density at radius 1 is 1.13 bits per heavy atom. The average Bonchev–Trinajstić information content (AvgIpc) is 2.54. The number of esters is 1. The third kappa shape index (κ3) is 4.28. The van der Waals surface area contributed by atoms with Crippen LogP contribution in [0.4, 0.5) is 0 Å². The third-order valence-electron chi connectivity index (χ3n) is 2.88. The first-order valence-electron chi connectivity index (χ1n) is 6.49. The maximum absolute atomic E-state index is 12.1. The van der Waals surface area contributed by atoms with Crippen LogP contribution in [0.15, 0.2) is 58.6 Å². The second-order valence-corrected chi connectivity index (χ2v) is 5.33. The minimum Gasteiger partial charge on any atom is -0.423 e. The first-order valence-corrected chi connectivity index (χ1v) is 7.29. The molecule has 1 amide bonds. The Bertz CT molecular complexity index is 820. The van der Waals surface area contributed by atoms with Crippen molar-refractivity contribution in [1.29, 1.82) is 5.26 Å². The number of hydrogen-bond acceptors (Lipinski definition) is 4. The summed E-state index contributed by atoms with van der Waals surface area (Å²) in [5.74, 6) is -0.937. The Hall–Kier alpha value is -2.91. The number of ether oxygens (including phenoxy) is 1. The quantitative estimate of drug-likeness (QED) is 0.387. The van der Waals surface area contributed by atoms with E-state index in [2.05, 4.69) is 15.9 Å². The van der Waals surface area contributed by atoms with Crippen molar-refractivity contribution in [1.82, 2.24) is 0 Å². The number of hydrogen-bond donors (Lipinski definition) is 1. The molecule has 0 aliphatic heterocycles. The van der Waals surface area contributed by atoms with Crippen LogP contribution in [0.3, 0.4) is 0 Å². The molecule has 0 saturated heterocycles. The summed E-state index contributed by atoms with van der Waals surface area (Å²) in [6.45, 7) is 0. The fraction of sp³-hybridized carbons (Fsp3) is 0. The van der Waals surface area contributed by atoms with Gasteiger partial charge in [0.2, 0.25) is 0 Å². The summed E-state index contributed by atoms with van der Waals surface area (Å²) in [4.78, 5) is 23.1. The molecule has 2 N–H and O–H groups in total. The molecule has 0 saturated carbocycles. The molecule has 0 spiro atoms. The number of nitrogens with two attached hydrogens (primary N) is 1.